The molecule has 2 rings (SSSR count). The average Bonchev–Trinajstić information content (AvgIpc) is 2.22. The van der Waals surface area contributed by atoms with Crippen molar-refractivity contribution in [3.05, 3.63) is 29.6 Å². The molecule has 1 heterocycles. The summed E-state index contributed by atoms with van der Waals surface area (Å²) in [4.78, 5) is -0.991. The lowest BCUT2D eigenvalue weighted by Gasteiger charge is -2.27. The third-order valence-electron chi connectivity index (χ3n) is 2.65. The van der Waals surface area contributed by atoms with Crippen LogP contribution >= 0.6 is 0 Å². The molecule has 1 fully saturated rings. The number of benzene rings is 1. The Morgan fingerprint density at radius 2 is 1.89 bits per heavy atom. The Kier molecular flexibility index (Phi) is 3.54. The predicted octanol–water partition coefficient (Wildman–Crippen LogP) is 1.09. The quantitative estimate of drug-likeness (QED) is 0.822. The van der Waals surface area contributed by atoms with E-state index in [9.17, 15) is 26.0 Å². The summed E-state index contributed by atoms with van der Waals surface area (Å²) in [5.74, 6) is -1.22. The fourth-order valence-corrected chi connectivity index (χ4v) is 2.88. The van der Waals surface area contributed by atoms with E-state index in [0.717, 1.165) is 0 Å². The molecule has 0 atom stereocenters. The van der Waals surface area contributed by atoms with Gasteiger partial charge in [-0.2, -0.15) is 13.2 Å². The topological polar surface area (TPSA) is 58.2 Å². The van der Waals surface area contributed by atoms with Crippen LogP contribution in [0, 0.1) is 5.82 Å². The van der Waals surface area contributed by atoms with Gasteiger partial charge in [-0.05, 0) is 18.2 Å². The molecular weight excluding hydrogens is 288 g/mol. The fraction of sp³-hybridized carbons (Fsp3) is 0.400. The number of hydrogen-bond donors (Lipinski definition) is 2. The van der Waals surface area contributed by atoms with Gasteiger partial charge < -0.3 is 5.32 Å². The van der Waals surface area contributed by atoms with Gasteiger partial charge in [-0.1, -0.05) is 0 Å². The van der Waals surface area contributed by atoms with Gasteiger partial charge >= 0.3 is 6.18 Å². The average molecular weight is 298 g/mol. The van der Waals surface area contributed by atoms with E-state index in [2.05, 4.69) is 10.0 Å². The molecule has 0 spiro atoms. The first-order valence-corrected chi connectivity index (χ1v) is 6.78. The molecule has 1 saturated heterocycles. The van der Waals surface area contributed by atoms with Crippen molar-refractivity contribution >= 4 is 10.0 Å². The van der Waals surface area contributed by atoms with E-state index in [4.69, 9.17) is 0 Å². The summed E-state index contributed by atoms with van der Waals surface area (Å²) in [6, 6.07) is 0.860. The van der Waals surface area contributed by atoms with Crippen molar-refractivity contribution in [3.63, 3.8) is 0 Å². The smallest absolute Gasteiger partial charge is 0.313 e. The van der Waals surface area contributed by atoms with Gasteiger partial charge in [-0.3, -0.25) is 0 Å². The second kappa shape index (κ2) is 4.73. The zero-order valence-corrected chi connectivity index (χ0v) is 10.3. The number of hydrogen-bond acceptors (Lipinski definition) is 3. The number of alkyl halides is 3. The maximum Gasteiger partial charge on any atom is 0.416 e. The second-order valence-corrected chi connectivity index (χ2v) is 5.80. The molecule has 0 unspecified atom stereocenters. The minimum Gasteiger partial charge on any atom is -0.313 e. The largest absolute Gasteiger partial charge is 0.416 e. The van der Waals surface area contributed by atoms with Gasteiger partial charge in [0.15, 0.2) is 0 Å². The SMILES string of the molecule is O=S(=O)(NC1CNC1)c1cc(C(F)(F)F)ccc1F. The van der Waals surface area contributed by atoms with Gasteiger partial charge in [0.25, 0.3) is 0 Å². The number of nitrogens with one attached hydrogen (secondary N) is 2. The molecular formula is C10H10F4N2O2S. The monoisotopic (exact) mass is 298 g/mol. The highest BCUT2D eigenvalue weighted by Crippen LogP contribution is 2.31. The van der Waals surface area contributed by atoms with Gasteiger partial charge in [-0.25, -0.2) is 17.5 Å². The van der Waals surface area contributed by atoms with Gasteiger partial charge in [-0.15, -0.1) is 0 Å². The van der Waals surface area contributed by atoms with Crippen LogP contribution in [-0.2, 0) is 16.2 Å². The van der Waals surface area contributed by atoms with Crippen molar-refractivity contribution in [2.75, 3.05) is 13.1 Å². The van der Waals surface area contributed by atoms with Crippen molar-refractivity contribution < 1.29 is 26.0 Å². The van der Waals surface area contributed by atoms with Crippen molar-refractivity contribution in [2.24, 2.45) is 0 Å². The molecule has 1 aromatic carbocycles. The minimum atomic E-state index is -4.73. The van der Waals surface area contributed by atoms with Crippen LogP contribution in [0.3, 0.4) is 0 Å². The van der Waals surface area contributed by atoms with Crippen LogP contribution in [0.1, 0.15) is 5.56 Å². The second-order valence-electron chi connectivity index (χ2n) is 4.12. The van der Waals surface area contributed by atoms with E-state index in [1.165, 1.54) is 0 Å². The third-order valence-corrected chi connectivity index (χ3v) is 4.19. The van der Waals surface area contributed by atoms with E-state index in [1.807, 2.05) is 0 Å². The summed E-state index contributed by atoms with van der Waals surface area (Å²) in [7, 11) is -4.30. The van der Waals surface area contributed by atoms with E-state index in [1.54, 1.807) is 0 Å². The van der Waals surface area contributed by atoms with Crippen molar-refractivity contribution in [2.45, 2.75) is 17.1 Å². The molecule has 19 heavy (non-hydrogen) atoms. The van der Waals surface area contributed by atoms with Crippen LogP contribution in [0.5, 0.6) is 0 Å². The van der Waals surface area contributed by atoms with Crippen molar-refractivity contribution in [3.8, 4) is 0 Å². The Labute approximate surface area is 106 Å². The molecule has 0 aromatic heterocycles. The lowest BCUT2D eigenvalue weighted by atomic mass is 10.2. The molecule has 2 N–H and O–H groups in total. The van der Waals surface area contributed by atoms with Gasteiger partial charge in [0, 0.05) is 19.1 Å². The summed E-state index contributed by atoms with van der Waals surface area (Å²) < 4.78 is 76.6. The summed E-state index contributed by atoms with van der Waals surface area (Å²) in [6.45, 7) is 0.722. The summed E-state index contributed by atoms with van der Waals surface area (Å²) in [5, 5.41) is 2.78. The summed E-state index contributed by atoms with van der Waals surface area (Å²) in [6.07, 6.45) is -4.73. The highest BCUT2D eigenvalue weighted by atomic mass is 32.2. The normalized spacial score (nSPS) is 17.3. The molecule has 0 saturated carbocycles. The van der Waals surface area contributed by atoms with Crippen LogP contribution < -0.4 is 10.0 Å². The zero-order valence-electron chi connectivity index (χ0n) is 9.46. The number of rotatable bonds is 3. The molecule has 106 valence electrons. The van der Waals surface area contributed by atoms with Crippen LogP contribution in [0.25, 0.3) is 0 Å². The first-order chi connectivity index (χ1) is 8.70. The van der Waals surface area contributed by atoms with Crippen LogP contribution in [0.4, 0.5) is 17.6 Å². The first kappa shape index (κ1) is 14.2. The summed E-state index contributed by atoms with van der Waals surface area (Å²) in [5.41, 5.74) is -1.21. The Morgan fingerprint density at radius 3 is 2.37 bits per heavy atom. The van der Waals surface area contributed by atoms with Crippen LogP contribution in [0.2, 0.25) is 0 Å². The molecule has 0 amide bonds. The van der Waals surface area contributed by atoms with Crippen molar-refractivity contribution in [1.29, 1.82) is 0 Å². The first-order valence-electron chi connectivity index (χ1n) is 5.30. The Morgan fingerprint density at radius 1 is 1.26 bits per heavy atom. The van der Waals surface area contributed by atoms with Gasteiger partial charge in [0.05, 0.1) is 5.56 Å². The molecule has 0 aliphatic carbocycles. The van der Waals surface area contributed by atoms with E-state index < -0.39 is 38.5 Å². The van der Waals surface area contributed by atoms with E-state index in [-0.39, 0.29) is 0 Å². The molecule has 0 bridgehead atoms. The fourth-order valence-electron chi connectivity index (χ4n) is 1.54. The molecule has 0 radical (unpaired) electrons. The Hall–Kier alpha value is -1.19. The minimum absolute atomic E-state index is 0.295. The molecule has 4 nitrogen and oxygen atoms in total. The highest BCUT2D eigenvalue weighted by Gasteiger charge is 2.34. The maximum atomic E-state index is 13.4. The predicted molar refractivity (Wildman–Crippen MR) is 58.4 cm³/mol. The maximum absolute atomic E-state index is 13.4. The lowest BCUT2D eigenvalue weighted by Crippen LogP contribution is -2.56. The van der Waals surface area contributed by atoms with Crippen molar-refractivity contribution in [1.82, 2.24) is 10.0 Å². The molecule has 1 aliphatic rings. The van der Waals surface area contributed by atoms with Gasteiger partial charge in [0.1, 0.15) is 10.7 Å². The standard InChI is InChI=1S/C10H10F4N2O2S/c11-8-2-1-6(10(12,13)14)3-9(8)19(17,18)16-7-4-15-5-7/h1-3,7,15-16H,4-5H2. The summed E-state index contributed by atoms with van der Waals surface area (Å²) >= 11 is 0. The molecule has 1 aliphatic heterocycles. The Balaban J connectivity index is 2.37. The Bertz CT molecular complexity index is 582. The molecule has 9 heteroatoms. The zero-order chi connectivity index (χ0) is 14.3. The number of sulfonamides is 1. The highest BCUT2D eigenvalue weighted by molar-refractivity contribution is 7.89. The third kappa shape index (κ3) is 3.04. The van der Waals surface area contributed by atoms with Crippen LogP contribution in [-0.4, -0.2) is 27.5 Å². The number of halogens is 4. The lowest BCUT2D eigenvalue weighted by molar-refractivity contribution is -0.137. The van der Waals surface area contributed by atoms with E-state index in [0.29, 0.717) is 31.3 Å². The van der Waals surface area contributed by atoms with Crippen LogP contribution in [0.15, 0.2) is 23.1 Å². The molecule has 1 aromatic rings. The van der Waals surface area contributed by atoms with E-state index >= 15 is 0 Å². The van der Waals surface area contributed by atoms with Gasteiger partial charge in [0.2, 0.25) is 10.0 Å².